The summed E-state index contributed by atoms with van der Waals surface area (Å²) in [5.74, 6) is 0.406. The van der Waals surface area contributed by atoms with E-state index < -0.39 is 0 Å². The summed E-state index contributed by atoms with van der Waals surface area (Å²) in [6, 6.07) is 21.2. The number of hydrogen-bond acceptors (Lipinski definition) is 0. The smallest absolute Gasteiger partial charge is 0.0456 e. The van der Waals surface area contributed by atoms with E-state index in [1.165, 1.54) is 22.2 Å². The van der Waals surface area contributed by atoms with E-state index in [0.717, 1.165) is 0 Å². The quantitative estimate of drug-likeness (QED) is 0.663. The highest BCUT2D eigenvalue weighted by molar-refractivity contribution is 5.80. The van der Waals surface area contributed by atoms with Crippen LogP contribution in [-0.2, 0) is 0 Å². The van der Waals surface area contributed by atoms with Gasteiger partial charge in [0.2, 0.25) is 0 Å². The predicted octanol–water partition coefficient (Wildman–Crippen LogP) is 4.32. The zero-order chi connectivity index (χ0) is 11.7. The van der Waals surface area contributed by atoms with Crippen LogP contribution in [0.25, 0.3) is 10.9 Å². The number of fused-ring (bicyclic) bond motifs is 1. The summed E-state index contributed by atoms with van der Waals surface area (Å²) in [5, 5.41) is 1.28. The fourth-order valence-corrected chi connectivity index (χ4v) is 2.25. The molecule has 1 nitrogen and oxygen atoms in total. The Labute approximate surface area is 101 Å². The molecule has 2 aromatic carbocycles. The average molecular weight is 221 g/mol. The number of hydrogen-bond donors (Lipinski definition) is 1. The van der Waals surface area contributed by atoms with Crippen LogP contribution in [0.15, 0.2) is 60.7 Å². The zero-order valence-electron chi connectivity index (χ0n) is 9.85. The first kappa shape index (κ1) is 10.2. The van der Waals surface area contributed by atoms with Crippen molar-refractivity contribution in [2.24, 2.45) is 0 Å². The molecule has 84 valence electrons. The van der Waals surface area contributed by atoms with E-state index in [-0.39, 0.29) is 0 Å². The van der Waals surface area contributed by atoms with Crippen LogP contribution in [0.1, 0.15) is 24.1 Å². The highest BCUT2D eigenvalue weighted by Crippen LogP contribution is 2.26. The molecule has 0 bridgehead atoms. The maximum absolute atomic E-state index is 3.49. The topological polar surface area (TPSA) is 15.8 Å². The normalized spacial score (nSPS) is 12.8. The second-order valence-corrected chi connectivity index (χ2v) is 4.44. The van der Waals surface area contributed by atoms with Crippen LogP contribution in [0.4, 0.5) is 0 Å². The summed E-state index contributed by atoms with van der Waals surface area (Å²) in [4.78, 5) is 3.49. The van der Waals surface area contributed by atoms with Gasteiger partial charge < -0.3 is 4.98 Å². The molecule has 1 N–H and O–H groups in total. The number of rotatable bonds is 2. The van der Waals surface area contributed by atoms with Crippen LogP contribution in [0.2, 0.25) is 0 Å². The van der Waals surface area contributed by atoms with E-state index >= 15 is 0 Å². The van der Waals surface area contributed by atoms with Crippen LogP contribution in [0.3, 0.4) is 0 Å². The van der Waals surface area contributed by atoms with E-state index in [9.17, 15) is 0 Å². The van der Waals surface area contributed by atoms with Crippen molar-refractivity contribution < 1.29 is 0 Å². The van der Waals surface area contributed by atoms with Crippen molar-refractivity contribution in [1.82, 2.24) is 4.98 Å². The molecule has 0 aliphatic rings. The van der Waals surface area contributed by atoms with E-state index in [1.54, 1.807) is 0 Å². The molecule has 17 heavy (non-hydrogen) atoms. The van der Waals surface area contributed by atoms with Gasteiger partial charge in [-0.05, 0) is 23.1 Å². The molecular weight excluding hydrogens is 206 g/mol. The number of nitrogens with one attached hydrogen (secondary N) is 1. The second kappa shape index (κ2) is 4.10. The fourth-order valence-electron chi connectivity index (χ4n) is 2.25. The Bertz CT molecular complexity index is 589. The lowest BCUT2D eigenvalue weighted by atomic mass is 9.98. The molecule has 0 spiro atoms. The first-order valence-electron chi connectivity index (χ1n) is 5.97. The van der Waals surface area contributed by atoms with Gasteiger partial charge in [0.05, 0.1) is 0 Å². The molecule has 0 radical (unpaired) electrons. The monoisotopic (exact) mass is 221 g/mol. The van der Waals surface area contributed by atoms with Crippen molar-refractivity contribution in [3.8, 4) is 0 Å². The van der Waals surface area contributed by atoms with Crippen LogP contribution in [0.5, 0.6) is 0 Å². The summed E-state index contributed by atoms with van der Waals surface area (Å²) in [6.07, 6.45) is 0. The third kappa shape index (κ3) is 1.84. The molecule has 1 heterocycles. The minimum atomic E-state index is 0.406. The number of aromatic amines is 1. The molecule has 0 saturated heterocycles. The zero-order valence-corrected chi connectivity index (χ0v) is 9.85. The molecule has 1 heteroatoms. The number of H-pyrrole nitrogens is 1. The van der Waals surface area contributed by atoms with Crippen molar-refractivity contribution in [1.29, 1.82) is 0 Å². The molecule has 3 rings (SSSR count). The average Bonchev–Trinajstić information content (AvgIpc) is 2.82. The number of benzene rings is 2. The van der Waals surface area contributed by atoms with Gasteiger partial charge in [0.15, 0.2) is 0 Å². The van der Waals surface area contributed by atoms with Gasteiger partial charge >= 0.3 is 0 Å². The number of para-hydroxylation sites is 1. The lowest BCUT2D eigenvalue weighted by Crippen LogP contribution is -1.95. The second-order valence-electron chi connectivity index (χ2n) is 4.44. The molecule has 0 amide bonds. The minimum Gasteiger partial charge on any atom is -0.358 e. The third-order valence-electron chi connectivity index (χ3n) is 3.32. The highest BCUT2D eigenvalue weighted by Gasteiger charge is 2.10. The van der Waals surface area contributed by atoms with Gasteiger partial charge in [-0.1, -0.05) is 55.5 Å². The van der Waals surface area contributed by atoms with Crippen LogP contribution in [0, 0.1) is 0 Å². The Balaban J connectivity index is 2.04. The van der Waals surface area contributed by atoms with Crippen molar-refractivity contribution in [2.75, 3.05) is 0 Å². The van der Waals surface area contributed by atoms with Crippen molar-refractivity contribution in [3.05, 3.63) is 71.9 Å². The maximum Gasteiger partial charge on any atom is 0.0456 e. The predicted molar refractivity (Wildman–Crippen MR) is 72.3 cm³/mol. The lowest BCUT2D eigenvalue weighted by Gasteiger charge is -2.09. The SMILES string of the molecule is CC(c1ccccc1)c1cc2ccccc2[nH]1. The Hall–Kier alpha value is -2.02. The molecule has 1 aromatic heterocycles. The van der Waals surface area contributed by atoms with Crippen molar-refractivity contribution in [3.63, 3.8) is 0 Å². The summed E-state index contributed by atoms with van der Waals surface area (Å²) in [5.41, 5.74) is 3.83. The summed E-state index contributed by atoms with van der Waals surface area (Å²) in [6.45, 7) is 2.24. The summed E-state index contributed by atoms with van der Waals surface area (Å²) >= 11 is 0. The van der Waals surface area contributed by atoms with Crippen molar-refractivity contribution >= 4 is 10.9 Å². The largest absolute Gasteiger partial charge is 0.358 e. The standard InChI is InChI=1S/C16H15N/c1-12(13-7-3-2-4-8-13)16-11-14-9-5-6-10-15(14)17-16/h2-12,17H,1H3. The highest BCUT2D eigenvalue weighted by atomic mass is 14.7. The molecule has 1 unspecified atom stereocenters. The Morgan fingerprint density at radius 2 is 1.59 bits per heavy atom. The van der Waals surface area contributed by atoms with Gasteiger partial charge in [0.1, 0.15) is 0 Å². The van der Waals surface area contributed by atoms with E-state index in [0.29, 0.717) is 5.92 Å². The minimum absolute atomic E-state index is 0.406. The van der Waals surface area contributed by atoms with Gasteiger partial charge in [-0.3, -0.25) is 0 Å². The summed E-state index contributed by atoms with van der Waals surface area (Å²) in [7, 11) is 0. The summed E-state index contributed by atoms with van der Waals surface area (Å²) < 4.78 is 0. The number of aromatic nitrogens is 1. The third-order valence-corrected chi connectivity index (χ3v) is 3.32. The molecule has 1 atom stereocenters. The van der Waals surface area contributed by atoms with Crippen LogP contribution in [-0.4, -0.2) is 4.98 Å². The molecule has 0 aliphatic heterocycles. The molecule has 0 fully saturated rings. The fraction of sp³-hybridized carbons (Fsp3) is 0.125. The van der Waals surface area contributed by atoms with E-state index in [1.807, 2.05) is 0 Å². The lowest BCUT2D eigenvalue weighted by molar-refractivity contribution is 0.888. The maximum atomic E-state index is 3.49. The first-order chi connectivity index (χ1) is 8.34. The van der Waals surface area contributed by atoms with E-state index in [4.69, 9.17) is 0 Å². The molecule has 0 aliphatic carbocycles. The molecule has 3 aromatic rings. The first-order valence-corrected chi connectivity index (χ1v) is 5.97. The Morgan fingerprint density at radius 3 is 2.35 bits per heavy atom. The Kier molecular flexibility index (Phi) is 2.45. The Morgan fingerprint density at radius 1 is 0.882 bits per heavy atom. The van der Waals surface area contributed by atoms with Gasteiger partial charge in [0.25, 0.3) is 0 Å². The van der Waals surface area contributed by atoms with Gasteiger partial charge in [0, 0.05) is 17.1 Å². The van der Waals surface area contributed by atoms with Crippen molar-refractivity contribution in [2.45, 2.75) is 12.8 Å². The molecular formula is C16H15N. The van der Waals surface area contributed by atoms with Gasteiger partial charge in [-0.15, -0.1) is 0 Å². The van der Waals surface area contributed by atoms with E-state index in [2.05, 4.69) is 72.6 Å². The van der Waals surface area contributed by atoms with Gasteiger partial charge in [-0.25, -0.2) is 0 Å². The van der Waals surface area contributed by atoms with Crippen LogP contribution < -0.4 is 0 Å². The van der Waals surface area contributed by atoms with Crippen LogP contribution >= 0.6 is 0 Å². The molecule has 0 saturated carbocycles. The van der Waals surface area contributed by atoms with Gasteiger partial charge in [-0.2, -0.15) is 0 Å².